The van der Waals surface area contributed by atoms with Crippen LogP contribution in [0.1, 0.15) is 12.5 Å². The smallest absolute Gasteiger partial charge is 0.269 e. The molecule has 1 aromatic heterocycles. The van der Waals surface area contributed by atoms with Crippen LogP contribution in [0.4, 0.5) is 0 Å². The summed E-state index contributed by atoms with van der Waals surface area (Å²) in [6.45, 7) is 1.83. The molecule has 1 aromatic rings. The van der Waals surface area contributed by atoms with Crippen molar-refractivity contribution in [2.45, 2.75) is 13.5 Å². The van der Waals surface area contributed by atoms with Gasteiger partial charge in [-0.05, 0) is 24.6 Å². The zero-order valence-corrected chi connectivity index (χ0v) is 7.77. The SMILES string of the molecule is C/C(=N\O)C(=O)NCc1ccncc1. The molecule has 14 heavy (non-hydrogen) atoms. The molecule has 0 spiro atoms. The number of carbonyl (C=O) groups excluding carboxylic acids is 1. The van der Waals surface area contributed by atoms with Crippen LogP contribution in [-0.4, -0.2) is 21.8 Å². The van der Waals surface area contributed by atoms with Crippen LogP contribution in [-0.2, 0) is 11.3 Å². The van der Waals surface area contributed by atoms with Crippen molar-refractivity contribution in [1.29, 1.82) is 0 Å². The Balaban J connectivity index is 2.46. The van der Waals surface area contributed by atoms with Crippen molar-refractivity contribution in [3.05, 3.63) is 30.1 Å². The number of hydrogen-bond donors (Lipinski definition) is 2. The first kappa shape index (κ1) is 10.2. The summed E-state index contributed by atoms with van der Waals surface area (Å²) in [6.07, 6.45) is 3.29. The molecule has 0 radical (unpaired) electrons. The highest BCUT2D eigenvalue weighted by Gasteiger charge is 2.04. The van der Waals surface area contributed by atoms with Gasteiger partial charge in [0.1, 0.15) is 5.71 Å². The van der Waals surface area contributed by atoms with Crippen molar-refractivity contribution in [3.8, 4) is 0 Å². The second-order valence-corrected chi connectivity index (χ2v) is 2.72. The molecule has 0 fully saturated rings. The van der Waals surface area contributed by atoms with Crippen molar-refractivity contribution in [1.82, 2.24) is 10.3 Å². The van der Waals surface area contributed by atoms with Crippen molar-refractivity contribution < 1.29 is 10.0 Å². The van der Waals surface area contributed by atoms with Gasteiger partial charge in [-0.3, -0.25) is 9.78 Å². The van der Waals surface area contributed by atoms with E-state index in [1.165, 1.54) is 6.92 Å². The molecule has 0 atom stereocenters. The largest absolute Gasteiger partial charge is 0.410 e. The predicted octanol–water partition coefficient (Wildman–Crippen LogP) is 0.548. The third-order valence-electron chi connectivity index (χ3n) is 1.68. The summed E-state index contributed by atoms with van der Waals surface area (Å²) in [5.74, 6) is -0.385. The lowest BCUT2D eigenvalue weighted by atomic mass is 10.2. The van der Waals surface area contributed by atoms with E-state index in [0.29, 0.717) is 6.54 Å². The van der Waals surface area contributed by atoms with E-state index < -0.39 is 0 Å². The lowest BCUT2D eigenvalue weighted by Gasteiger charge is -2.02. The van der Waals surface area contributed by atoms with Gasteiger partial charge in [-0.1, -0.05) is 5.16 Å². The Hall–Kier alpha value is -1.91. The molecule has 1 rings (SSSR count). The minimum atomic E-state index is -0.385. The van der Waals surface area contributed by atoms with Crippen LogP contribution in [0.25, 0.3) is 0 Å². The van der Waals surface area contributed by atoms with E-state index in [9.17, 15) is 4.79 Å². The van der Waals surface area contributed by atoms with E-state index in [4.69, 9.17) is 5.21 Å². The fraction of sp³-hybridized carbons (Fsp3) is 0.222. The zero-order chi connectivity index (χ0) is 10.4. The summed E-state index contributed by atoms with van der Waals surface area (Å²) in [6, 6.07) is 3.59. The van der Waals surface area contributed by atoms with Crippen LogP contribution in [0.3, 0.4) is 0 Å². The average Bonchev–Trinajstić information content (AvgIpc) is 2.26. The Morgan fingerprint density at radius 2 is 2.21 bits per heavy atom. The maximum absolute atomic E-state index is 11.1. The highest BCUT2D eigenvalue weighted by atomic mass is 16.4. The monoisotopic (exact) mass is 193 g/mol. The minimum Gasteiger partial charge on any atom is -0.410 e. The standard InChI is InChI=1S/C9H11N3O2/c1-7(12-14)9(13)11-6-8-2-4-10-5-3-8/h2-5,14H,6H2,1H3,(H,11,13)/b12-7+. The fourth-order valence-electron chi connectivity index (χ4n) is 0.856. The molecule has 5 heteroatoms. The second kappa shape index (κ2) is 4.96. The summed E-state index contributed by atoms with van der Waals surface area (Å²) in [7, 11) is 0. The van der Waals surface area contributed by atoms with E-state index in [-0.39, 0.29) is 11.6 Å². The summed E-state index contributed by atoms with van der Waals surface area (Å²) < 4.78 is 0. The molecule has 5 nitrogen and oxygen atoms in total. The first-order valence-corrected chi connectivity index (χ1v) is 4.10. The van der Waals surface area contributed by atoms with Gasteiger partial charge in [-0.25, -0.2) is 0 Å². The number of nitrogens with zero attached hydrogens (tertiary/aromatic N) is 2. The van der Waals surface area contributed by atoms with Crippen LogP contribution >= 0.6 is 0 Å². The normalized spacial score (nSPS) is 11.1. The molecule has 0 saturated carbocycles. The first-order valence-electron chi connectivity index (χ1n) is 4.10. The number of pyridine rings is 1. The Labute approximate surface area is 81.5 Å². The van der Waals surface area contributed by atoms with Gasteiger partial charge in [0.15, 0.2) is 0 Å². The summed E-state index contributed by atoms with van der Waals surface area (Å²) in [5.41, 5.74) is 0.984. The molecule has 0 saturated heterocycles. The summed E-state index contributed by atoms with van der Waals surface area (Å²) >= 11 is 0. The number of nitrogens with one attached hydrogen (secondary N) is 1. The van der Waals surface area contributed by atoms with E-state index in [2.05, 4.69) is 15.5 Å². The van der Waals surface area contributed by atoms with E-state index >= 15 is 0 Å². The van der Waals surface area contributed by atoms with Gasteiger partial charge in [-0.2, -0.15) is 0 Å². The van der Waals surface area contributed by atoms with Gasteiger partial charge < -0.3 is 10.5 Å². The van der Waals surface area contributed by atoms with Crippen molar-refractivity contribution in [2.24, 2.45) is 5.16 Å². The molecule has 0 bridgehead atoms. The van der Waals surface area contributed by atoms with Crippen LogP contribution < -0.4 is 5.32 Å². The third-order valence-corrected chi connectivity index (χ3v) is 1.68. The Kier molecular flexibility index (Phi) is 3.60. The third kappa shape index (κ3) is 2.85. The maximum atomic E-state index is 11.1. The molecule has 0 aliphatic rings. The van der Waals surface area contributed by atoms with E-state index in [0.717, 1.165) is 5.56 Å². The number of rotatable bonds is 3. The molecule has 0 aromatic carbocycles. The Bertz CT molecular complexity index is 335. The molecular formula is C9H11N3O2. The minimum absolute atomic E-state index is 0.0408. The average molecular weight is 193 g/mol. The Morgan fingerprint density at radius 3 is 2.79 bits per heavy atom. The van der Waals surface area contributed by atoms with Crippen molar-refractivity contribution in [2.75, 3.05) is 0 Å². The fourth-order valence-corrected chi connectivity index (χ4v) is 0.856. The number of carbonyl (C=O) groups is 1. The first-order chi connectivity index (χ1) is 6.74. The van der Waals surface area contributed by atoms with Gasteiger partial charge in [0, 0.05) is 18.9 Å². The lowest BCUT2D eigenvalue weighted by Crippen LogP contribution is -2.28. The van der Waals surface area contributed by atoms with Crippen LogP contribution in [0.2, 0.25) is 0 Å². The molecular weight excluding hydrogens is 182 g/mol. The van der Waals surface area contributed by atoms with Gasteiger partial charge in [-0.15, -0.1) is 0 Å². The molecule has 1 heterocycles. The second-order valence-electron chi connectivity index (χ2n) is 2.72. The van der Waals surface area contributed by atoms with Gasteiger partial charge in [0.05, 0.1) is 0 Å². The van der Waals surface area contributed by atoms with Gasteiger partial charge >= 0.3 is 0 Å². The molecule has 1 amide bonds. The van der Waals surface area contributed by atoms with E-state index in [1.807, 2.05) is 0 Å². The maximum Gasteiger partial charge on any atom is 0.269 e. The van der Waals surface area contributed by atoms with Gasteiger partial charge in [0.25, 0.3) is 5.91 Å². The summed E-state index contributed by atoms with van der Waals surface area (Å²) in [4.78, 5) is 15.0. The zero-order valence-electron chi connectivity index (χ0n) is 7.77. The topological polar surface area (TPSA) is 74.6 Å². The highest BCUT2D eigenvalue weighted by Crippen LogP contribution is 1.94. The van der Waals surface area contributed by atoms with Crippen LogP contribution in [0.15, 0.2) is 29.7 Å². The molecule has 0 unspecified atom stereocenters. The highest BCUT2D eigenvalue weighted by molar-refractivity contribution is 6.37. The summed E-state index contributed by atoms with van der Waals surface area (Å²) in [5, 5.41) is 13.7. The molecule has 74 valence electrons. The molecule has 0 aliphatic carbocycles. The van der Waals surface area contributed by atoms with Crippen molar-refractivity contribution >= 4 is 11.6 Å². The quantitative estimate of drug-likeness (QED) is 0.418. The lowest BCUT2D eigenvalue weighted by molar-refractivity contribution is -0.115. The van der Waals surface area contributed by atoms with E-state index in [1.54, 1.807) is 24.5 Å². The number of aromatic nitrogens is 1. The predicted molar refractivity (Wildman–Crippen MR) is 51.0 cm³/mol. The molecule has 2 N–H and O–H groups in total. The van der Waals surface area contributed by atoms with Crippen LogP contribution in [0.5, 0.6) is 0 Å². The number of oxime groups is 1. The number of amides is 1. The molecule has 0 aliphatic heterocycles. The van der Waals surface area contributed by atoms with Crippen LogP contribution in [0, 0.1) is 0 Å². The Morgan fingerprint density at radius 1 is 1.57 bits per heavy atom. The van der Waals surface area contributed by atoms with Crippen molar-refractivity contribution in [3.63, 3.8) is 0 Å². The number of hydrogen-bond acceptors (Lipinski definition) is 4. The van der Waals surface area contributed by atoms with Gasteiger partial charge in [0.2, 0.25) is 0 Å².